The summed E-state index contributed by atoms with van der Waals surface area (Å²) in [5, 5.41) is 2.81. The maximum Gasteiger partial charge on any atom is 0.216 e. The Balaban J connectivity index is 1.83. The molecule has 1 atom stereocenters. The number of amides is 1. The summed E-state index contributed by atoms with van der Waals surface area (Å²) in [5.74, 6) is 0.0192. The third-order valence-corrected chi connectivity index (χ3v) is 3.10. The molecule has 1 amide bonds. The van der Waals surface area contributed by atoms with Gasteiger partial charge in [-0.25, -0.2) is 0 Å². The van der Waals surface area contributed by atoms with E-state index in [0.717, 1.165) is 26.1 Å². The van der Waals surface area contributed by atoms with Gasteiger partial charge in [-0.2, -0.15) is 0 Å². The molecular weight excluding hydrogens is 228 g/mol. The number of benzene rings is 1. The maximum absolute atomic E-state index is 10.8. The first kappa shape index (κ1) is 12.9. The zero-order valence-electron chi connectivity index (χ0n) is 10.8. The molecule has 1 aliphatic rings. The standard InChI is InChI=1S/C14H20N2O2/c1-12(17)15-8-7-14-11-16(9-10-18-14)13-5-3-2-4-6-13/h2-6,14H,7-11H2,1H3,(H,15,17). The van der Waals surface area contributed by atoms with Crippen LogP contribution in [0.5, 0.6) is 0 Å². The third-order valence-electron chi connectivity index (χ3n) is 3.10. The van der Waals surface area contributed by atoms with Gasteiger partial charge in [0, 0.05) is 32.2 Å². The molecule has 4 heteroatoms. The first-order valence-corrected chi connectivity index (χ1v) is 6.42. The summed E-state index contributed by atoms with van der Waals surface area (Å²) in [6.07, 6.45) is 1.06. The molecule has 1 N–H and O–H groups in total. The number of ether oxygens (including phenoxy) is 1. The van der Waals surface area contributed by atoms with Gasteiger partial charge in [0.05, 0.1) is 12.7 Å². The first-order valence-electron chi connectivity index (χ1n) is 6.42. The fraction of sp³-hybridized carbons (Fsp3) is 0.500. The second-order valence-electron chi connectivity index (χ2n) is 4.55. The van der Waals surface area contributed by atoms with E-state index in [1.807, 2.05) is 6.07 Å². The molecule has 0 spiro atoms. The lowest BCUT2D eigenvalue weighted by Crippen LogP contribution is -2.43. The fourth-order valence-electron chi connectivity index (χ4n) is 2.18. The van der Waals surface area contributed by atoms with Crippen LogP contribution in [0.1, 0.15) is 13.3 Å². The van der Waals surface area contributed by atoms with Gasteiger partial charge < -0.3 is 15.0 Å². The van der Waals surface area contributed by atoms with Crippen molar-refractivity contribution in [3.8, 4) is 0 Å². The number of hydrogen-bond donors (Lipinski definition) is 1. The number of para-hydroxylation sites is 1. The highest BCUT2D eigenvalue weighted by Gasteiger charge is 2.20. The van der Waals surface area contributed by atoms with Gasteiger partial charge in [-0.05, 0) is 18.6 Å². The number of carbonyl (C=O) groups is 1. The summed E-state index contributed by atoms with van der Waals surface area (Å²) in [4.78, 5) is 13.1. The van der Waals surface area contributed by atoms with Crippen molar-refractivity contribution in [3.63, 3.8) is 0 Å². The normalized spacial score (nSPS) is 19.6. The van der Waals surface area contributed by atoms with E-state index in [1.54, 1.807) is 0 Å². The summed E-state index contributed by atoms with van der Waals surface area (Å²) in [7, 11) is 0. The molecule has 1 aliphatic heterocycles. The zero-order valence-corrected chi connectivity index (χ0v) is 10.8. The van der Waals surface area contributed by atoms with Crippen molar-refractivity contribution in [2.75, 3.05) is 31.1 Å². The number of anilines is 1. The van der Waals surface area contributed by atoms with Gasteiger partial charge >= 0.3 is 0 Å². The highest BCUT2D eigenvalue weighted by Crippen LogP contribution is 2.17. The van der Waals surface area contributed by atoms with Crippen LogP contribution in [-0.2, 0) is 9.53 Å². The minimum atomic E-state index is 0.0192. The van der Waals surface area contributed by atoms with E-state index in [2.05, 4.69) is 34.5 Å². The van der Waals surface area contributed by atoms with Gasteiger partial charge in [-0.15, -0.1) is 0 Å². The largest absolute Gasteiger partial charge is 0.374 e. The van der Waals surface area contributed by atoms with Crippen molar-refractivity contribution in [2.24, 2.45) is 0 Å². The van der Waals surface area contributed by atoms with E-state index in [0.29, 0.717) is 6.54 Å². The Morgan fingerprint density at radius 3 is 2.94 bits per heavy atom. The van der Waals surface area contributed by atoms with Crippen molar-refractivity contribution >= 4 is 11.6 Å². The van der Waals surface area contributed by atoms with E-state index in [9.17, 15) is 4.79 Å². The topological polar surface area (TPSA) is 41.6 Å². The number of nitrogens with one attached hydrogen (secondary N) is 1. The quantitative estimate of drug-likeness (QED) is 0.876. The smallest absolute Gasteiger partial charge is 0.216 e. The number of nitrogens with zero attached hydrogens (tertiary/aromatic N) is 1. The summed E-state index contributed by atoms with van der Waals surface area (Å²) in [6, 6.07) is 10.4. The molecule has 1 heterocycles. The Bertz CT molecular complexity index is 381. The van der Waals surface area contributed by atoms with Gasteiger partial charge in [0.25, 0.3) is 0 Å². The molecule has 1 fully saturated rings. The monoisotopic (exact) mass is 248 g/mol. The molecule has 4 nitrogen and oxygen atoms in total. The van der Waals surface area contributed by atoms with Crippen LogP contribution in [0.2, 0.25) is 0 Å². The summed E-state index contributed by atoms with van der Waals surface area (Å²) >= 11 is 0. The number of hydrogen-bond acceptors (Lipinski definition) is 3. The van der Waals surface area contributed by atoms with E-state index in [4.69, 9.17) is 4.74 Å². The molecule has 1 aromatic rings. The van der Waals surface area contributed by atoms with Crippen molar-refractivity contribution in [1.29, 1.82) is 0 Å². The molecule has 0 bridgehead atoms. The van der Waals surface area contributed by atoms with Gasteiger partial charge in [-0.1, -0.05) is 18.2 Å². The molecule has 98 valence electrons. The molecule has 2 rings (SSSR count). The lowest BCUT2D eigenvalue weighted by molar-refractivity contribution is -0.119. The summed E-state index contributed by atoms with van der Waals surface area (Å²) in [6.45, 7) is 4.80. The highest BCUT2D eigenvalue weighted by molar-refractivity contribution is 5.72. The van der Waals surface area contributed by atoms with Gasteiger partial charge in [0.1, 0.15) is 0 Å². The zero-order chi connectivity index (χ0) is 12.8. The van der Waals surface area contributed by atoms with Crippen LogP contribution in [-0.4, -0.2) is 38.3 Å². The number of carbonyl (C=O) groups excluding carboxylic acids is 1. The second-order valence-corrected chi connectivity index (χ2v) is 4.55. The Labute approximate surface area is 108 Å². The van der Waals surface area contributed by atoms with Gasteiger partial charge in [0.2, 0.25) is 5.91 Å². The second kappa shape index (κ2) is 6.40. The number of morpholine rings is 1. The Morgan fingerprint density at radius 2 is 2.22 bits per heavy atom. The van der Waals surface area contributed by atoms with Crippen LogP contribution >= 0.6 is 0 Å². The van der Waals surface area contributed by atoms with Crippen LogP contribution in [0.15, 0.2) is 30.3 Å². The van der Waals surface area contributed by atoms with Crippen molar-refractivity contribution in [1.82, 2.24) is 5.32 Å². The molecule has 1 aromatic carbocycles. The van der Waals surface area contributed by atoms with E-state index in [1.165, 1.54) is 12.6 Å². The molecule has 0 aromatic heterocycles. The van der Waals surface area contributed by atoms with E-state index in [-0.39, 0.29) is 12.0 Å². The molecule has 1 unspecified atom stereocenters. The molecular formula is C14H20N2O2. The van der Waals surface area contributed by atoms with Crippen LogP contribution in [0.4, 0.5) is 5.69 Å². The minimum absolute atomic E-state index is 0.0192. The number of rotatable bonds is 4. The summed E-state index contributed by atoms with van der Waals surface area (Å²) < 4.78 is 5.72. The molecule has 0 radical (unpaired) electrons. The van der Waals surface area contributed by atoms with Crippen LogP contribution in [0.25, 0.3) is 0 Å². The van der Waals surface area contributed by atoms with E-state index >= 15 is 0 Å². The Morgan fingerprint density at radius 1 is 1.44 bits per heavy atom. The third kappa shape index (κ3) is 3.74. The molecule has 1 saturated heterocycles. The van der Waals surface area contributed by atoms with Gasteiger partial charge in [0.15, 0.2) is 0 Å². The van der Waals surface area contributed by atoms with Crippen LogP contribution in [0.3, 0.4) is 0 Å². The SMILES string of the molecule is CC(=O)NCCC1CN(c2ccccc2)CCO1. The fourth-order valence-corrected chi connectivity index (χ4v) is 2.18. The Hall–Kier alpha value is -1.55. The molecule has 18 heavy (non-hydrogen) atoms. The lowest BCUT2D eigenvalue weighted by atomic mass is 10.2. The van der Waals surface area contributed by atoms with Gasteiger partial charge in [-0.3, -0.25) is 4.79 Å². The maximum atomic E-state index is 10.8. The van der Waals surface area contributed by atoms with Crippen molar-refractivity contribution in [2.45, 2.75) is 19.4 Å². The average Bonchev–Trinajstić information content (AvgIpc) is 2.40. The summed E-state index contributed by atoms with van der Waals surface area (Å²) in [5.41, 5.74) is 1.24. The molecule has 0 saturated carbocycles. The van der Waals surface area contributed by atoms with E-state index < -0.39 is 0 Å². The van der Waals surface area contributed by atoms with Crippen LogP contribution in [0, 0.1) is 0 Å². The minimum Gasteiger partial charge on any atom is -0.374 e. The van der Waals surface area contributed by atoms with Crippen LogP contribution < -0.4 is 10.2 Å². The first-order chi connectivity index (χ1) is 8.75. The Kier molecular flexibility index (Phi) is 4.59. The highest BCUT2D eigenvalue weighted by atomic mass is 16.5. The molecule has 0 aliphatic carbocycles. The average molecular weight is 248 g/mol. The predicted octanol–water partition coefficient (Wildman–Crippen LogP) is 1.42. The lowest BCUT2D eigenvalue weighted by Gasteiger charge is -2.34. The van der Waals surface area contributed by atoms with Crippen molar-refractivity contribution < 1.29 is 9.53 Å². The van der Waals surface area contributed by atoms with Crippen molar-refractivity contribution in [3.05, 3.63) is 30.3 Å². The predicted molar refractivity (Wildman–Crippen MR) is 71.7 cm³/mol.